The number of hydrogen-bond acceptors (Lipinski definition) is 7. The average Bonchev–Trinajstić information content (AvgIpc) is 3.11. The molecule has 48 heavy (non-hydrogen) atoms. The zero-order valence-corrected chi connectivity index (χ0v) is 27.3. The maximum absolute atomic E-state index is 14.3. The van der Waals surface area contributed by atoms with Gasteiger partial charge in [0, 0.05) is 49.9 Å². The van der Waals surface area contributed by atoms with Gasteiger partial charge in [-0.15, -0.1) is 0 Å². The third-order valence-corrected chi connectivity index (χ3v) is 8.72. The van der Waals surface area contributed by atoms with Gasteiger partial charge in [0.1, 0.15) is 0 Å². The highest BCUT2D eigenvalue weighted by Gasteiger charge is 2.22. The number of amides is 3. The summed E-state index contributed by atoms with van der Waals surface area (Å²) in [6, 6.07) is 21.5. The summed E-state index contributed by atoms with van der Waals surface area (Å²) < 4.78 is 14.3. The Bertz CT molecular complexity index is 1860. The maximum atomic E-state index is 14.3. The summed E-state index contributed by atoms with van der Waals surface area (Å²) in [4.78, 5) is 42.0. The monoisotopic (exact) mass is 670 g/mol. The highest BCUT2D eigenvalue weighted by atomic mass is 35.5. The number of rotatable bonds is 9. The fraction of sp³-hybridized carbons (Fsp3) is 0.194. The second-order valence-electron chi connectivity index (χ2n) is 11.6. The zero-order chi connectivity index (χ0) is 34.4. The number of piperazine rings is 1. The van der Waals surface area contributed by atoms with Crippen LogP contribution in [0.4, 0.5) is 21.5 Å². The van der Waals surface area contributed by atoms with Crippen molar-refractivity contribution in [2.75, 3.05) is 49.2 Å². The normalized spacial score (nSPS) is 13.4. The Morgan fingerprint density at radius 1 is 0.938 bits per heavy atom. The molecule has 0 aliphatic carbocycles. The first-order chi connectivity index (χ1) is 23.0. The Morgan fingerprint density at radius 3 is 2.27 bits per heavy atom. The van der Waals surface area contributed by atoms with Crippen LogP contribution < -0.4 is 26.7 Å². The Hall–Kier alpha value is -5.23. The van der Waals surface area contributed by atoms with Crippen LogP contribution in [-0.4, -0.2) is 61.1 Å². The summed E-state index contributed by atoms with van der Waals surface area (Å²) in [6.45, 7) is 5.07. The van der Waals surface area contributed by atoms with Crippen molar-refractivity contribution in [2.24, 2.45) is 0 Å². The number of nitrogens with two attached hydrogens (primary N) is 1. The standard InChI is InChI=1S/C36H36ClFN6O4/c1-22-33(37)28(20-29(39)34(22)38)36(47)41-30-19-27(12-13-31(30)44-17-15-43(2)16-18-44)25-8-10-26(11-9-25)35(46)40-21-24-5-3-23(4-6-24)7-14-32(45)42-48/h3-14,19-20,48H,15-18,21,39H2,1-2H3,(H,40,46)(H,41,47)(H,42,45)/b14-7+. The molecule has 4 aromatic carbocycles. The van der Waals surface area contributed by atoms with Crippen LogP contribution in [-0.2, 0) is 11.3 Å². The summed E-state index contributed by atoms with van der Waals surface area (Å²) in [6.07, 6.45) is 2.77. The molecule has 1 heterocycles. The highest BCUT2D eigenvalue weighted by Crippen LogP contribution is 2.34. The van der Waals surface area contributed by atoms with Crippen LogP contribution in [0.5, 0.6) is 0 Å². The molecule has 0 bridgehead atoms. The number of hydrogen-bond donors (Lipinski definition) is 5. The molecule has 6 N–H and O–H groups in total. The van der Waals surface area contributed by atoms with Crippen LogP contribution >= 0.6 is 11.6 Å². The van der Waals surface area contributed by atoms with Gasteiger partial charge in [-0.3, -0.25) is 19.6 Å². The van der Waals surface area contributed by atoms with E-state index in [1.807, 2.05) is 42.5 Å². The fourth-order valence-electron chi connectivity index (χ4n) is 5.35. The third kappa shape index (κ3) is 8.00. The predicted octanol–water partition coefficient (Wildman–Crippen LogP) is 5.49. The molecular formula is C36H36ClFN6O4. The number of likely N-dealkylation sites (N-methyl/N-ethyl adjacent to an activating group) is 1. The van der Waals surface area contributed by atoms with Gasteiger partial charge in [0.15, 0.2) is 5.82 Å². The lowest BCUT2D eigenvalue weighted by atomic mass is 10.0. The summed E-state index contributed by atoms with van der Waals surface area (Å²) in [7, 11) is 2.07. The van der Waals surface area contributed by atoms with E-state index in [0.29, 0.717) is 17.8 Å². The van der Waals surface area contributed by atoms with E-state index in [4.69, 9.17) is 22.5 Å². The number of carbonyl (C=O) groups is 3. The number of hydroxylamine groups is 1. The van der Waals surface area contributed by atoms with Crippen molar-refractivity contribution in [1.82, 2.24) is 15.7 Å². The minimum absolute atomic E-state index is 0.00392. The van der Waals surface area contributed by atoms with Crippen LogP contribution in [0.3, 0.4) is 0 Å². The predicted molar refractivity (Wildman–Crippen MR) is 187 cm³/mol. The van der Waals surface area contributed by atoms with Crippen molar-refractivity contribution < 1.29 is 24.0 Å². The zero-order valence-electron chi connectivity index (χ0n) is 26.5. The van der Waals surface area contributed by atoms with Gasteiger partial charge in [-0.1, -0.05) is 54.1 Å². The smallest absolute Gasteiger partial charge is 0.267 e. The molecule has 248 valence electrons. The number of benzene rings is 4. The molecule has 12 heteroatoms. The quantitative estimate of drug-likeness (QED) is 0.0687. The van der Waals surface area contributed by atoms with E-state index in [-0.39, 0.29) is 27.7 Å². The third-order valence-electron chi connectivity index (χ3n) is 8.23. The van der Waals surface area contributed by atoms with Gasteiger partial charge in [0.2, 0.25) is 0 Å². The molecule has 0 radical (unpaired) electrons. The first-order valence-corrected chi connectivity index (χ1v) is 15.6. The second kappa shape index (κ2) is 15.1. The van der Waals surface area contributed by atoms with Gasteiger partial charge in [-0.2, -0.15) is 0 Å². The summed E-state index contributed by atoms with van der Waals surface area (Å²) >= 11 is 6.37. The van der Waals surface area contributed by atoms with Crippen molar-refractivity contribution in [3.05, 3.63) is 118 Å². The van der Waals surface area contributed by atoms with Gasteiger partial charge in [-0.25, -0.2) is 9.87 Å². The van der Waals surface area contributed by atoms with E-state index >= 15 is 0 Å². The lowest BCUT2D eigenvalue weighted by Gasteiger charge is -2.35. The summed E-state index contributed by atoms with van der Waals surface area (Å²) in [5.41, 5.74) is 12.6. The average molecular weight is 671 g/mol. The van der Waals surface area contributed by atoms with Crippen LogP contribution in [0.15, 0.2) is 78.9 Å². The molecule has 0 spiro atoms. The molecule has 4 aromatic rings. The van der Waals surface area contributed by atoms with Crippen molar-refractivity contribution >= 4 is 52.5 Å². The van der Waals surface area contributed by atoms with E-state index in [0.717, 1.165) is 54.1 Å². The molecule has 10 nitrogen and oxygen atoms in total. The van der Waals surface area contributed by atoms with Crippen molar-refractivity contribution in [3.63, 3.8) is 0 Å². The van der Waals surface area contributed by atoms with Crippen molar-refractivity contribution in [2.45, 2.75) is 13.5 Å². The molecule has 1 fully saturated rings. The van der Waals surface area contributed by atoms with E-state index in [1.54, 1.807) is 30.3 Å². The Labute approximate surface area is 282 Å². The molecule has 1 aliphatic rings. The summed E-state index contributed by atoms with van der Waals surface area (Å²) in [5.74, 6) is -2.02. The molecule has 0 unspecified atom stereocenters. The molecule has 0 saturated carbocycles. The second-order valence-corrected chi connectivity index (χ2v) is 11.9. The molecule has 3 amide bonds. The van der Waals surface area contributed by atoms with Crippen LogP contribution in [0.2, 0.25) is 5.02 Å². The first-order valence-electron chi connectivity index (χ1n) is 15.3. The highest BCUT2D eigenvalue weighted by molar-refractivity contribution is 6.35. The van der Waals surface area contributed by atoms with Gasteiger partial charge >= 0.3 is 0 Å². The number of carbonyl (C=O) groups excluding carboxylic acids is 3. The molecule has 1 saturated heterocycles. The molecule has 0 aromatic heterocycles. The number of halogens is 2. The minimum Gasteiger partial charge on any atom is -0.396 e. The van der Waals surface area contributed by atoms with Crippen LogP contribution in [0.25, 0.3) is 17.2 Å². The molecule has 1 aliphatic heterocycles. The van der Waals surface area contributed by atoms with Crippen molar-refractivity contribution in [1.29, 1.82) is 0 Å². The number of nitrogens with zero attached hydrogens (tertiary/aromatic N) is 2. The first kappa shape index (κ1) is 34.1. The number of nitrogen functional groups attached to an aromatic ring is 1. The van der Waals surface area contributed by atoms with Gasteiger partial charge in [0.05, 0.1) is 27.6 Å². The lowest BCUT2D eigenvalue weighted by Crippen LogP contribution is -2.44. The Kier molecular flexibility index (Phi) is 10.7. The van der Waals surface area contributed by atoms with Crippen molar-refractivity contribution in [3.8, 4) is 11.1 Å². The van der Waals surface area contributed by atoms with E-state index in [9.17, 15) is 18.8 Å². The molecule has 5 rings (SSSR count). The van der Waals surface area contributed by atoms with E-state index < -0.39 is 17.6 Å². The van der Waals surface area contributed by atoms with Gasteiger partial charge in [-0.05, 0) is 72.6 Å². The topological polar surface area (TPSA) is 140 Å². The summed E-state index contributed by atoms with van der Waals surface area (Å²) in [5, 5.41) is 14.5. The maximum Gasteiger partial charge on any atom is 0.267 e. The van der Waals surface area contributed by atoms with E-state index in [2.05, 4.69) is 27.5 Å². The number of nitrogens with one attached hydrogen (secondary N) is 3. The minimum atomic E-state index is -0.649. The van der Waals surface area contributed by atoms with Gasteiger partial charge < -0.3 is 26.2 Å². The largest absolute Gasteiger partial charge is 0.396 e. The molecular weight excluding hydrogens is 635 g/mol. The Balaban J connectivity index is 1.32. The Morgan fingerprint density at radius 2 is 1.60 bits per heavy atom. The van der Waals surface area contributed by atoms with Crippen LogP contribution in [0, 0.1) is 12.7 Å². The SMILES string of the molecule is Cc1c(F)c(N)cc(C(=O)Nc2cc(-c3ccc(C(=O)NCc4ccc(/C=C/C(=O)NO)cc4)cc3)ccc2N2CCN(C)CC2)c1Cl. The number of anilines is 3. The van der Waals surface area contributed by atoms with Gasteiger partial charge in [0.25, 0.3) is 17.7 Å². The fourth-order valence-corrected chi connectivity index (χ4v) is 5.57. The lowest BCUT2D eigenvalue weighted by molar-refractivity contribution is -0.124. The van der Waals surface area contributed by atoms with Crippen LogP contribution in [0.1, 0.15) is 37.4 Å². The van der Waals surface area contributed by atoms with E-state index in [1.165, 1.54) is 24.5 Å². The molecule has 0 atom stereocenters.